The fourth-order valence-corrected chi connectivity index (χ4v) is 3.18. The summed E-state index contributed by atoms with van der Waals surface area (Å²) in [5.74, 6) is -0.415. The molecule has 1 aromatic carbocycles. The van der Waals surface area contributed by atoms with Gasteiger partial charge in [0.2, 0.25) is 0 Å². The molecule has 0 atom stereocenters. The number of ether oxygens (including phenoxy) is 1. The summed E-state index contributed by atoms with van der Waals surface area (Å²) in [5.41, 5.74) is 2.40. The van der Waals surface area contributed by atoms with E-state index in [9.17, 15) is 9.59 Å². The molecule has 0 aliphatic heterocycles. The van der Waals surface area contributed by atoms with Crippen LogP contribution in [0.5, 0.6) is 0 Å². The van der Waals surface area contributed by atoms with E-state index in [-0.39, 0.29) is 12.6 Å². The molecular weight excluding hydrogens is 396 g/mol. The first-order valence-electron chi connectivity index (χ1n) is 9.93. The number of nitrogens with one attached hydrogen (secondary N) is 1. The lowest BCUT2D eigenvalue weighted by atomic mass is 10.1. The van der Waals surface area contributed by atoms with E-state index in [1.807, 2.05) is 44.2 Å². The normalized spacial score (nSPS) is 11.1. The molecule has 4 rings (SSSR count). The molecule has 0 saturated heterocycles. The number of amides is 1. The van der Waals surface area contributed by atoms with Crippen molar-refractivity contribution in [2.75, 3.05) is 6.61 Å². The summed E-state index contributed by atoms with van der Waals surface area (Å²) in [6.07, 6.45) is 3.13. The van der Waals surface area contributed by atoms with Crippen molar-refractivity contribution in [2.24, 2.45) is 0 Å². The Labute approximate surface area is 178 Å². The fourth-order valence-electron chi connectivity index (χ4n) is 3.18. The van der Waals surface area contributed by atoms with Gasteiger partial charge in [-0.3, -0.25) is 4.79 Å². The Kier molecular flexibility index (Phi) is 5.79. The number of benzene rings is 1. The summed E-state index contributed by atoms with van der Waals surface area (Å²) in [6.45, 7) is 3.81. The molecule has 0 unspecified atom stereocenters. The Morgan fingerprint density at radius 3 is 2.68 bits per heavy atom. The molecule has 1 N–H and O–H groups in total. The van der Waals surface area contributed by atoms with E-state index < -0.39 is 18.5 Å². The largest absolute Gasteiger partial charge is 0.467 e. The minimum Gasteiger partial charge on any atom is -0.467 e. The molecule has 0 aliphatic rings. The monoisotopic (exact) mass is 418 g/mol. The molecule has 3 aromatic heterocycles. The summed E-state index contributed by atoms with van der Waals surface area (Å²) in [4.78, 5) is 29.7. The highest BCUT2D eigenvalue weighted by molar-refractivity contribution is 6.04. The van der Waals surface area contributed by atoms with Crippen LogP contribution in [0.2, 0.25) is 0 Å². The topological polar surface area (TPSA) is 99.2 Å². The van der Waals surface area contributed by atoms with Gasteiger partial charge in [-0.05, 0) is 32.0 Å². The number of rotatable bonds is 7. The molecule has 158 valence electrons. The van der Waals surface area contributed by atoms with Crippen molar-refractivity contribution in [2.45, 2.75) is 26.4 Å². The number of fused-ring (bicyclic) bond motifs is 1. The summed E-state index contributed by atoms with van der Waals surface area (Å²) in [7, 11) is 0. The maximum Gasteiger partial charge on any atom is 0.339 e. The van der Waals surface area contributed by atoms with Crippen LogP contribution in [0.1, 0.15) is 36.0 Å². The van der Waals surface area contributed by atoms with Gasteiger partial charge in [-0.15, -0.1) is 0 Å². The first kappa shape index (κ1) is 20.3. The maximum atomic E-state index is 12.9. The molecule has 4 aromatic rings. The number of hydrogen-bond donors (Lipinski definition) is 1. The van der Waals surface area contributed by atoms with E-state index in [0.29, 0.717) is 28.1 Å². The van der Waals surface area contributed by atoms with Gasteiger partial charge in [-0.1, -0.05) is 30.3 Å². The summed E-state index contributed by atoms with van der Waals surface area (Å²) < 4.78 is 12.2. The molecule has 0 saturated carbocycles. The molecule has 0 bridgehead atoms. The van der Waals surface area contributed by atoms with E-state index in [1.165, 1.54) is 6.26 Å². The van der Waals surface area contributed by atoms with Crippen LogP contribution in [0, 0.1) is 0 Å². The minimum absolute atomic E-state index is 0.0623. The van der Waals surface area contributed by atoms with Gasteiger partial charge in [0.25, 0.3) is 5.91 Å². The van der Waals surface area contributed by atoms with Crippen LogP contribution in [0.15, 0.2) is 65.4 Å². The number of carbonyl (C=O) groups is 2. The number of esters is 1. The predicted octanol–water partition coefficient (Wildman–Crippen LogP) is 3.75. The molecule has 0 fully saturated rings. The third-order valence-electron chi connectivity index (χ3n) is 4.72. The molecule has 0 radical (unpaired) electrons. The van der Waals surface area contributed by atoms with Gasteiger partial charge in [-0.25, -0.2) is 14.5 Å². The number of nitrogens with zero attached hydrogens (tertiary/aromatic N) is 3. The van der Waals surface area contributed by atoms with Crippen LogP contribution >= 0.6 is 0 Å². The Hall–Kier alpha value is -3.94. The van der Waals surface area contributed by atoms with Crippen molar-refractivity contribution in [3.63, 3.8) is 0 Å². The highest BCUT2D eigenvalue weighted by atomic mass is 16.5. The number of furan rings is 1. The van der Waals surface area contributed by atoms with Crippen LogP contribution in [-0.2, 0) is 16.1 Å². The summed E-state index contributed by atoms with van der Waals surface area (Å²) in [5, 5.41) is 7.61. The summed E-state index contributed by atoms with van der Waals surface area (Å²) in [6, 6.07) is 14.8. The second-order valence-electron chi connectivity index (χ2n) is 7.27. The smallest absolute Gasteiger partial charge is 0.339 e. The number of hydrogen-bond acceptors (Lipinski definition) is 6. The lowest BCUT2D eigenvalue weighted by Gasteiger charge is -2.11. The molecule has 8 nitrogen and oxygen atoms in total. The fraction of sp³-hybridized carbons (Fsp3) is 0.217. The maximum absolute atomic E-state index is 12.9. The van der Waals surface area contributed by atoms with Crippen LogP contribution in [0.4, 0.5) is 0 Å². The van der Waals surface area contributed by atoms with Crippen molar-refractivity contribution in [3.8, 4) is 11.3 Å². The van der Waals surface area contributed by atoms with Crippen molar-refractivity contribution in [1.29, 1.82) is 0 Å². The van der Waals surface area contributed by atoms with Crippen molar-refractivity contribution in [3.05, 3.63) is 72.3 Å². The zero-order valence-corrected chi connectivity index (χ0v) is 17.2. The van der Waals surface area contributed by atoms with Gasteiger partial charge in [-0.2, -0.15) is 5.10 Å². The lowest BCUT2D eigenvalue weighted by molar-refractivity contribution is -0.124. The first-order valence-corrected chi connectivity index (χ1v) is 9.93. The molecule has 0 spiro atoms. The van der Waals surface area contributed by atoms with Gasteiger partial charge < -0.3 is 14.5 Å². The van der Waals surface area contributed by atoms with Crippen molar-refractivity contribution < 1.29 is 18.7 Å². The van der Waals surface area contributed by atoms with Gasteiger partial charge in [0.05, 0.1) is 35.6 Å². The van der Waals surface area contributed by atoms with Crippen LogP contribution in [-0.4, -0.2) is 33.2 Å². The van der Waals surface area contributed by atoms with Crippen molar-refractivity contribution >= 4 is 22.9 Å². The molecule has 3 heterocycles. The average molecular weight is 418 g/mol. The van der Waals surface area contributed by atoms with E-state index in [4.69, 9.17) is 14.1 Å². The molecule has 31 heavy (non-hydrogen) atoms. The third kappa shape index (κ3) is 4.48. The molecule has 1 amide bonds. The lowest BCUT2D eigenvalue weighted by Crippen LogP contribution is -2.28. The van der Waals surface area contributed by atoms with Gasteiger partial charge in [0.1, 0.15) is 5.76 Å². The Bertz CT molecular complexity index is 1200. The standard InChI is InChI=1S/C23H22N4O4/c1-15(2)27-22-19(13-25-27)18(11-20(26-22)16-7-4-3-5-8-16)23(29)31-14-21(28)24-12-17-9-6-10-30-17/h3-11,13,15H,12,14H2,1-2H3,(H,24,28). The Balaban J connectivity index is 1.58. The second kappa shape index (κ2) is 8.83. The van der Waals surface area contributed by atoms with Crippen LogP contribution in [0.3, 0.4) is 0 Å². The number of aromatic nitrogens is 3. The van der Waals surface area contributed by atoms with Gasteiger partial charge in [0.15, 0.2) is 12.3 Å². The van der Waals surface area contributed by atoms with Gasteiger partial charge in [0, 0.05) is 11.6 Å². The minimum atomic E-state index is -0.610. The summed E-state index contributed by atoms with van der Waals surface area (Å²) >= 11 is 0. The second-order valence-corrected chi connectivity index (χ2v) is 7.27. The average Bonchev–Trinajstić information content (AvgIpc) is 3.45. The van der Waals surface area contributed by atoms with E-state index in [2.05, 4.69) is 10.4 Å². The van der Waals surface area contributed by atoms with Crippen LogP contribution in [0.25, 0.3) is 22.3 Å². The highest BCUT2D eigenvalue weighted by Gasteiger charge is 2.20. The van der Waals surface area contributed by atoms with Crippen molar-refractivity contribution in [1.82, 2.24) is 20.1 Å². The SMILES string of the molecule is CC(C)n1ncc2c(C(=O)OCC(=O)NCc3ccco3)cc(-c3ccccc3)nc21. The van der Waals surface area contributed by atoms with E-state index in [1.54, 1.807) is 29.1 Å². The van der Waals surface area contributed by atoms with E-state index >= 15 is 0 Å². The Morgan fingerprint density at radius 1 is 1.16 bits per heavy atom. The predicted molar refractivity (Wildman–Crippen MR) is 114 cm³/mol. The number of pyridine rings is 1. The first-order chi connectivity index (χ1) is 15.0. The molecule has 0 aliphatic carbocycles. The number of carbonyl (C=O) groups excluding carboxylic acids is 2. The van der Waals surface area contributed by atoms with Gasteiger partial charge >= 0.3 is 5.97 Å². The molecule has 8 heteroatoms. The quantitative estimate of drug-likeness (QED) is 0.459. The zero-order chi connectivity index (χ0) is 21.8. The molecular formula is C23H22N4O4. The van der Waals surface area contributed by atoms with E-state index in [0.717, 1.165) is 5.56 Å². The highest BCUT2D eigenvalue weighted by Crippen LogP contribution is 2.26. The zero-order valence-electron chi connectivity index (χ0n) is 17.2. The Morgan fingerprint density at radius 2 is 1.97 bits per heavy atom. The van der Waals surface area contributed by atoms with Crippen LogP contribution < -0.4 is 5.32 Å². The third-order valence-corrected chi connectivity index (χ3v) is 4.72.